The van der Waals surface area contributed by atoms with Gasteiger partial charge in [-0.2, -0.15) is 0 Å². The number of pyridine rings is 1. The molecule has 2 aliphatic rings. The Kier molecular flexibility index (Phi) is 6.66. The Bertz CT molecular complexity index is 871. The molecule has 0 bridgehead atoms. The standard InChI is InChI=1S/C24H33N3O3/c1-18(29)25-20-7-8-23-19(14-20)5-6-21(26-23)16-27-11-9-24(17-28,10-12-27)15-22-4-2-3-13-30-22/h5-8,14,22,28H,2-4,9-13,15-17H2,1H3,(H,25,29). The molecule has 30 heavy (non-hydrogen) atoms. The van der Waals surface area contributed by atoms with E-state index in [1.165, 1.54) is 19.8 Å². The van der Waals surface area contributed by atoms with Crippen molar-refractivity contribution in [3.05, 3.63) is 36.0 Å². The first-order chi connectivity index (χ1) is 14.5. The van der Waals surface area contributed by atoms with E-state index >= 15 is 0 Å². The Hall–Kier alpha value is -2.02. The molecule has 1 amide bonds. The molecule has 2 aliphatic heterocycles. The lowest BCUT2D eigenvalue weighted by molar-refractivity contribution is -0.114. The number of nitrogens with zero attached hydrogens (tertiary/aromatic N) is 2. The molecule has 1 atom stereocenters. The number of piperidine rings is 1. The molecule has 162 valence electrons. The van der Waals surface area contributed by atoms with Crippen LogP contribution < -0.4 is 5.32 Å². The molecule has 1 unspecified atom stereocenters. The minimum Gasteiger partial charge on any atom is -0.396 e. The predicted octanol–water partition coefficient (Wildman–Crippen LogP) is 3.73. The van der Waals surface area contributed by atoms with Crippen LogP contribution in [0.4, 0.5) is 5.69 Å². The number of carbonyl (C=O) groups excluding carboxylic acids is 1. The monoisotopic (exact) mass is 411 g/mol. The molecule has 6 nitrogen and oxygen atoms in total. The van der Waals surface area contributed by atoms with Crippen LogP contribution in [0.3, 0.4) is 0 Å². The normalized spacial score (nSPS) is 22.1. The number of benzene rings is 1. The average Bonchev–Trinajstić information content (AvgIpc) is 2.76. The first kappa shape index (κ1) is 21.2. The third-order valence-electron chi connectivity index (χ3n) is 6.64. The van der Waals surface area contributed by atoms with Crippen molar-refractivity contribution >= 4 is 22.5 Å². The van der Waals surface area contributed by atoms with Crippen LogP contribution in [0.2, 0.25) is 0 Å². The van der Waals surface area contributed by atoms with Gasteiger partial charge in [0.25, 0.3) is 0 Å². The molecule has 0 aliphatic carbocycles. The fourth-order valence-electron chi connectivity index (χ4n) is 4.83. The zero-order chi connectivity index (χ0) is 21.0. The summed E-state index contributed by atoms with van der Waals surface area (Å²) in [6.07, 6.45) is 6.89. The highest BCUT2D eigenvalue weighted by Gasteiger charge is 2.37. The molecule has 2 aromatic rings. The highest BCUT2D eigenvalue weighted by molar-refractivity contribution is 5.92. The Morgan fingerprint density at radius 1 is 1.27 bits per heavy atom. The van der Waals surface area contributed by atoms with Crippen LogP contribution in [0.1, 0.15) is 51.1 Å². The van der Waals surface area contributed by atoms with E-state index < -0.39 is 0 Å². The summed E-state index contributed by atoms with van der Waals surface area (Å²) in [6.45, 7) is 5.43. The van der Waals surface area contributed by atoms with Crippen molar-refractivity contribution in [1.29, 1.82) is 0 Å². The second-order valence-corrected chi connectivity index (χ2v) is 9.02. The van der Waals surface area contributed by atoms with Gasteiger partial charge in [0.2, 0.25) is 5.91 Å². The van der Waals surface area contributed by atoms with Crippen molar-refractivity contribution in [2.75, 3.05) is 31.6 Å². The number of aliphatic hydroxyl groups is 1. The van der Waals surface area contributed by atoms with E-state index in [-0.39, 0.29) is 17.9 Å². The van der Waals surface area contributed by atoms with E-state index in [4.69, 9.17) is 9.72 Å². The fraction of sp³-hybridized carbons (Fsp3) is 0.583. The summed E-state index contributed by atoms with van der Waals surface area (Å²) in [7, 11) is 0. The smallest absolute Gasteiger partial charge is 0.221 e. The lowest BCUT2D eigenvalue weighted by Crippen LogP contribution is -2.44. The summed E-state index contributed by atoms with van der Waals surface area (Å²) in [5, 5.41) is 14.0. The minimum absolute atomic E-state index is 0.00936. The molecule has 0 saturated carbocycles. The maximum absolute atomic E-state index is 11.2. The third kappa shape index (κ3) is 5.17. The Labute approximate surface area is 178 Å². The fourth-order valence-corrected chi connectivity index (χ4v) is 4.83. The molecule has 2 fully saturated rings. The van der Waals surface area contributed by atoms with Gasteiger partial charge in [0.05, 0.1) is 17.3 Å². The lowest BCUT2D eigenvalue weighted by atomic mass is 9.74. The Morgan fingerprint density at radius 3 is 2.80 bits per heavy atom. The topological polar surface area (TPSA) is 74.7 Å². The van der Waals surface area contributed by atoms with Gasteiger partial charge in [-0.3, -0.25) is 14.7 Å². The molecule has 4 rings (SSSR count). The number of rotatable bonds is 6. The molecule has 1 aromatic heterocycles. The number of hydrogen-bond donors (Lipinski definition) is 2. The number of fused-ring (bicyclic) bond motifs is 1. The summed E-state index contributed by atoms with van der Waals surface area (Å²) < 4.78 is 5.94. The number of ether oxygens (including phenoxy) is 1. The zero-order valence-electron chi connectivity index (χ0n) is 17.9. The van der Waals surface area contributed by atoms with Crippen LogP contribution >= 0.6 is 0 Å². The van der Waals surface area contributed by atoms with Gasteiger partial charge in [0.1, 0.15) is 0 Å². The number of nitrogens with one attached hydrogen (secondary N) is 1. The molecule has 2 N–H and O–H groups in total. The molecular formula is C24H33N3O3. The van der Waals surface area contributed by atoms with Gasteiger partial charge in [-0.25, -0.2) is 0 Å². The highest BCUT2D eigenvalue weighted by atomic mass is 16.5. The van der Waals surface area contributed by atoms with E-state index in [1.807, 2.05) is 18.2 Å². The highest BCUT2D eigenvalue weighted by Crippen LogP contribution is 2.38. The number of amides is 1. The van der Waals surface area contributed by atoms with Gasteiger partial charge in [-0.15, -0.1) is 0 Å². The van der Waals surface area contributed by atoms with Gasteiger partial charge < -0.3 is 15.2 Å². The van der Waals surface area contributed by atoms with Gasteiger partial charge in [-0.05, 0) is 81.3 Å². The van der Waals surface area contributed by atoms with Crippen molar-refractivity contribution in [2.45, 2.75) is 58.1 Å². The number of hydrogen-bond acceptors (Lipinski definition) is 5. The molecule has 0 radical (unpaired) electrons. The van der Waals surface area contributed by atoms with Crippen molar-refractivity contribution in [3.8, 4) is 0 Å². The van der Waals surface area contributed by atoms with Crippen LogP contribution in [-0.2, 0) is 16.1 Å². The number of aliphatic hydroxyl groups excluding tert-OH is 1. The second kappa shape index (κ2) is 9.41. The lowest BCUT2D eigenvalue weighted by Gasteiger charge is -2.43. The number of aromatic nitrogens is 1. The van der Waals surface area contributed by atoms with Gasteiger partial charge in [0.15, 0.2) is 0 Å². The van der Waals surface area contributed by atoms with E-state index in [0.717, 1.165) is 74.2 Å². The molecule has 6 heteroatoms. The largest absolute Gasteiger partial charge is 0.396 e. The number of carbonyl (C=O) groups is 1. The molecule has 1 aromatic carbocycles. The minimum atomic E-state index is -0.0713. The molecular weight excluding hydrogens is 378 g/mol. The first-order valence-electron chi connectivity index (χ1n) is 11.2. The summed E-state index contributed by atoms with van der Waals surface area (Å²) in [4.78, 5) is 18.5. The van der Waals surface area contributed by atoms with E-state index in [1.54, 1.807) is 0 Å². The third-order valence-corrected chi connectivity index (χ3v) is 6.64. The number of likely N-dealkylation sites (tertiary alicyclic amines) is 1. The van der Waals surface area contributed by atoms with Crippen molar-refractivity contribution < 1.29 is 14.6 Å². The average molecular weight is 412 g/mol. The van der Waals surface area contributed by atoms with Crippen LogP contribution in [0.15, 0.2) is 30.3 Å². The van der Waals surface area contributed by atoms with E-state index in [2.05, 4.69) is 22.3 Å². The second-order valence-electron chi connectivity index (χ2n) is 9.02. The van der Waals surface area contributed by atoms with E-state index in [0.29, 0.717) is 6.10 Å². The first-order valence-corrected chi connectivity index (χ1v) is 11.2. The van der Waals surface area contributed by atoms with Crippen LogP contribution in [0.5, 0.6) is 0 Å². The Morgan fingerprint density at radius 2 is 2.10 bits per heavy atom. The zero-order valence-corrected chi connectivity index (χ0v) is 17.9. The maximum Gasteiger partial charge on any atom is 0.221 e. The van der Waals surface area contributed by atoms with Crippen LogP contribution in [0.25, 0.3) is 10.9 Å². The molecule has 2 saturated heterocycles. The van der Waals surface area contributed by atoms with Gasteiger partial charge in [-0.1, -0.05) is 6.07 Å². The number of anilines is 1. The van der Waals surface area contributed by atoms with Gasteiger partial charge >= 0.3 is 0 Å². The maximum atomic E-state index is 11.2. The summed E-state index contributed by atoms with van der Waals surface area (Å²) in [5.41, 5.74) is 2.80. The quantitative estimate of drug-likeness (QED) is 0.758. The van der Waals surface area contributed by atoms with E-state index in [9.17, 15) is 9.90 Å². The Balaban J connectivity index is 1.35. The summed E-state index contributed by atoms with van der Waals surface area (Å²) in [6, 6.07) is 9.96. The SMILES string of the molecule is CC(=O)Nc1ccc2nc(CN3CCC(CO)(CC4CCCCO4)CC3)ccc2c1. The van der Waals surface area contributed by atoms with Crippen molar-refractivity contribution in [3.63, 3.8) is 0 Å². The van der Waals surface area contributed by atoms with Crippen molar-refractivity contribution in [1.82, 2.24) is 9.88 Å². The van der Waals surface area contributed by atoms with Gasteiger partial charge in [0, 0.05) is 37.8 Å². The van der Waals surface area contributed by atoms with Crippen LogP contribution in [-0.4, -0.2) is 53.3 Å². The van der Waals surface area contributed by atoms with Crippen molar-refractivity contribution in [2.24, 2.45) is 5.41 Å². The summed E-state index contributed by atoms with van der Waals surface area (Å²) in [5.74, 6) is -0.0713. The molecule has 3 heterocycles. The molecule has 0 spiro atoms. The summed E-state index contributed by atoms with van der Waals surface area (Å²) >= 11 is 0. The predicted molar refractivity (Wildman–Crippen MR) is 118 cm³/mol. The van der Waals surface area contributed by atoms with Crippen LogP contribution in [0, 0.1) is 5.41 Å².